The van der Waals surface area contributed by atoms with Gasteiger partial charge in [0.25, 0.3) is 0 Å². The summed E-state index contributed by atoms with van der Waals surface area (Å²) in [7, 11) is 0. The fraction of sp³-hybridized carbons (Fsp3) is 0.632. The van der Waals surface area contributed by atoms with Gasteiger partial charge in [0, 0.05) is 42.8 Å². The van der Waals surface area contributed by atoms with E-state index in [4.69, 9.17) is 11.6 Å². The van der Waals surface area contributed by atoms with Crippen LogP contribution in [0, 0.1) is 5.92 Å². The molecule has 0 radical (unpaired) electrons. The first kappa shape index (κ1) is 17.7. The number of nitrogens with one attached hydrogen (secondary N) is 2. The van der Waals surface area contributed by atoms with Gasteiger partial charge in [-0.05, 0) is 49.8 Å². The van der Waals surface area contributed by atoms with E-state index in [1.165, 1.54) is 5.56 Å². The van der Waals surface area contributed by atoms with Crippen molar-refractivity contribution in [3.05, 3.63) is 34.9 Å². The Bertz CT molecular complexity index is 560. The highest BCUT2D eigenvalue weighted by molar-refractivity contribution is 6.30. The summed E-state index contributed by atoms with van der Waals surface area (Å²) in [5.74, 6) is 0.911. The van der Waals surface area contributed by atoms with Gasteiger partial charge in [-0.3, -0.25) is 10.1 Å². The van der Waals surface area contributed by atoms with E-state index < -0.39 is 0 Å². The smallest absolute Gasteiger partial charge is 0.225 e. The lowest BCUT2D eigenvalue weighted by Crippen LogP contribution is -2.46. The number of rotatable bonds is 4. The third-order valence-corrected chi connectivity index (χ3v) is 5.73. The Labute approximate surface area is 149 Å². The lowest BCUT2D eigenvalue weighted by atomic mass is 9.87. The Hall–Kier alpha value is -1.10. The summed E-state index contributed by atoms with van der Waals surface area (Å²) in [6.45, 7) is 7.76. The third-order valence-electron chi connectivity index (χ3n) is 5.48. The minimum Gasteiger partial charge on any atom is -0.342 e. The van der Waals surface area contributed by atoms with E-state index >= 15 is 0 Å². The van der Waals surface area contributed by atoms with Gasteiger partial charge in [0.2, 0.25) is 5.91 Å². The van der Waals surface area contributed by atoms with Gasteiger partial charge in [0.15, 0.2) is 0 Å². The number of carbonyl (C=O) groups excluding carboxylic acids is 1. The fourth-order valence-electron chi connectivity index (χ4n) is 4.06. The van der Waals surface area contributed by atoms with E-state index in [9.17, 15) is 4.79 Å². The molecule has 1 aromatic carbocycles. The van der Waals surface area contributed by atoms with E-state index in [1.54, 1.807) is 0 Å². The molecule has 1 aromatic rings. The Balaban J connectivity index is 1.52. The van der Waals surface area contributed by atoms with Crippen LogP contribution in [0.2, 0.25) is 5.02 Å². The summed E-state index contributed by atoms with van der Waals surface area (Å²) in [5, 5.41) is 7.56. The van der Waals surface area contributed by atoms with Crippen molar-refractivity contribution in [2.45, 2.75) is 44.6 Å². The van der Waals surface area contributed by atoms with Crippen LogP contribution in [0.1, 0.15) is 44.6 Å². The number of piperidine rings is 1. The predicted molar refractivity (Wildman–Crippen MR) is 98.2 cm³/mol. The molecule has 2 aliphatic rings. The topological polar surface area (TPSA) is 44.4 Å². The molecule has 0 spiro atoms. The number of halogens is 1. The Kier molecular flexibility index (Phi) is 5.48. The molecule has 2 heterocycles. The maximum Gasteiger partial charge on any atom is 0.225 e. The normalized spacial score (nSPS) is 26.5. The molecule has 2 fully saturated rings. The molecule has 2 atom stereocenters. The Morgan fingerprint density at radius 3 is 2.58 bits per heavy atom. The van der Waals surface area contributed by atoms with E-state index in [0.717, 1.165) is 50.6 Å². The maximum atomic E-state index is 12.8. The minimum absolute atomic E-state index is 0.0384. The zero-order valence-corrected chi connectivity index (χ0v) is 15.4. The fourth-order valence-corrected chi connectivity index (χ4v) is 4.19. The van der Waals surface area contributed by atoms with Gasteiger partial charge >= 0.3 is 0 Å². The lowest BCUT2D eigenvalue weighted by Gasteiger charge is -2.35. The molecule has 2 aliphatic heterocycles. The lowest BCUT2D eigenvalue weighted by molar-refractivity contribution is -0.136. The highest BCUT2D eigenvalue weighted by Gasteiger charge is 2.34. The third kappa shape index (κ3) is 4.11. The van der Waals surface area contributed by atoms with Crippen molar-refractivity contribution in [2.75, 3.05) is 26.3 Å². The van der Waals surface area contributed by atoms with E-state index in [1.807, 2.05) is 12.1 Å². The molecule has 4 nitrogen and oxygen atoms in total. The largest absolute Gasteiger partial charge is 0.342 e. The van der Waals surface area contributed by atoms with Gasteiger partial charge in [-0.2, -0.15) is 0 Å². The molecule has 0 aliphatic carbocycles. The molecule has 0 saturated carbocycles. The van der Waals surface area contributed by atoms with Crippen LogP contribution in [0.3, 0.4) is 0 Å². The molecule has 2 unspecified atom stereocenters. The predicted octanol–water partition coefficient (Wildman–Crippen LogP) is 2.98. The number of amides is 1. The zero-order chi connectivity index (χ0) is 17.2. The van der Waals surface area contributed by atoms with Gasteiger partial charge in [0.1, 0.15) is 0 Å². The van der Waals surface area contributed by atoms with Gasteiger partial charge in [-0.25, -0.2) is 0 Å². The van der Waals surface area contributed by atoms with Crippen LogP contribution in [0.5, 0.6) is 0 Å². The van der Waals surface area contributed by atoms with E-state index in [-0.39, 0.29) is 11.5 Å². The van der Waals surface area contributed by atoms with Crippen LogP contribution in [0.25, 0.3) is 0 Å². The summed E-state index contributed by atoms with van der Waals surface area (Å²) < 4.78 is 0. The molecule has 0 bridgehead atoms. The number of carbonyl (C=O) groups is 1. The van der Waals surface area contributed by atoms with Gasteiger partial charge in [0.05, 0.1) is 0 Å². The first-order chi connectivity index (χ1) is 11.5. The second-order valence-corrected chi connectivity index (χ2v) is 8.03. The molecule has 3 rings (SSSR count). The van der Waals surface area contributed by atoms with Gasteiger partial charge in [-0.15, -0.1) is 0 Å². The average Bonchev–Trinajstić information content (AvgIpc) is 3.01. The van der Waals surface area contributed by atoms with Crippen LogP contribution in [-0.4, -0.2) is 42.6 Å². The van der Waals surface area contributed by atoms with E-state index in [0.29, 0.717) is 11.8 Å². The molecule has 2 saturated heterocycles. The van der Waals surface area contributed by atoms with Crippen molar-refractivity contribution in [3.63, 3.8) is 0 Å². The molecular formula is C19H28ClN3O. The zero-order valence-electron chi connectivity index (χ0n) is 14.6. The Morgan fingerprint density at radius 1 is 1.33 bits per heavy atom. The highest BCUT2D eigenvalue weighted by Crippen LogP contribution is 2.30. The van der Waals surface area contributed by atoms with Crippen LogP contribution < -0.4 is 10.6 Å². The summed E-state index contributed by atoms with van der Waals surface area (Å²) in [6, 6.07) is 8.15. The standard InChI is InChI=1S/C19H28ClN3O/c1-14(11-19(2)12-21-13-22-19)18(24)23-9-7-16(8-10-23)15-3-5-17(20)6-4-15/h3-6,14,16,21-22H,7-13H2,1-2H3. The maximum absolute atomic E-state index is 12.8. The molecular weight excluding hydrogens is 322 g/mol. The Morgan fingerprint density at radius 2 is 2.00 bits per heavy atom. The van der Waals surface area contributed by atoms with Crippen molar-refractivity contribution >= 4 is 17.5 Å². The summed E-state index contributed by atoms with van der Waals surface area (Å²) in [5.41, 5.74) is 1.38. The van der Waals surface area contributed by atoms with Gasteiger partial charge < -0.3 is 10.2 Å². The second kappa shape index (κ2) is 7.42. The van der Waals surface area contributed by atoms with E-state index in [2.05, 4.69) is 41.5 Å². The number of hydrogen-bond acceptors (Lipinski definition) is 3. The second-order valence-electron chi connectivity index (χ2n) is 7.60. The highest BCUT2D eigenvalue weighted by atomic mass is 35.5. The molecule has 2 N–H and O–H groups in total. The first-order valence-electron chi connectivity index (χ1n) is 8.97. The molecule has 1 amide bonds. The minimum atomic E-state index is 0.0384. The molecule has 5 heteroatoms. The summed E-state index contributed by atoms with van der Waals surface area (Å²) >= 11 is 5.97. The van der Waals surface area contributed by atoms with Crippen molar-refractivity contribution in [1.82, 2.24) is 15.5 Å². The van der Waals surface area contributed by atoms with Crippen LogP contribution in [-0.2, 0) is 4.79 Å². The first-order valence-corrected chi connectivity index (χ1v) is 9.35. The van der Waals surface area contributed by atoms with Crippen molar-refractivity contribution in [1.29, 1.82) is 0 Å². The van der Waals surface area contributed by atoms with Crippen LogP contribution in [0.15, 0.2) is 24.3 Å². The van der Waals surface area contributed by atoms with Crippen LogP contribution >= 0.6 is 11.6 Å². The van der Waals surface area contributed by atoms with Crippen molar-refractivity contribution in [3.8, 4) is 0 Å². The number of benzene rings is 1. The number of hydrogen-bond donors (Lipinski definition) is 2. The summed E-state index contributed by atoms with van der Waals surface area (Å²) in [6.07, 6.45) is 2.96. The summed E-state index contributed by atoms with van der Waals surface area (Å²) in [4.78, 5) is 14.8. The van der Waals surface area contributed by atoms with Crippen LogP contribution in [0.4, 0.5) is 0 Å². The number of likely N-dealkylation sites (tertiary alicyclic amines) is 1. The molecule has 0 aromatic heterocycles. The van der Waals surface area contributed by atoms with Crippen molar-refractivity contribution in [2.24, 2.45) is 5.92 Å². The van der Waals surface area contributed by atoms with Crippen molar-refractivity contribution < 1.29 is 4.79 Å². The SMILES string of the molecule is CC(CC1(C)CNCN1)C(=O)N1CCC(c2ccc(Cl)cc2)CC1. The monoisotopic (exact) mass is 349 g/mol. The van der Waals surface area contributed by atoms with Gasteiger partial charge in [-0.1, -0.05) is 30.7 Å². The molecule has 132 valence electrons. The average molecular weight is 350 g/mol. The number of nitrogens with zero attached hydrogens (tertiary/aromatic N) is 1. The quantitative estimate of drug-likeness (QED) is 0.878. The molecule has 24 heavy (non-hydrogen) atoms.